The second-order valence-electron chi connectivity index (χ2n) is 35.0. The van der Waals surface area contributed by atoms with Gasteiger partial charge in [0.25, 0.3) is 0 Å². The van der Waals surface area contributed by atoms with E-state index in [0.29, 0.717) is 34.9 Å². The molecule has 0 spiro atoms. The maximum Gasteiger partial charge on any atom is 0.164 e. The fourth-order valence-electron chi connectivity index (χ4n) is 20.5. The first-order valence-corrected chi connectivity index (χ1v) is 45.1. The molecule has 624 valence electrons. The van der Waals surface area contributed by atoms with Gasteiger partial charge in [-0.05, 0) is 175 Å². The van der Waals surface area contributed by atoms with Crippen molar-refractivity contribution < 1.29 is 0 Å². The third-order valence-corrected chi connectivity index (χ3v) is 26.4. The van der Waals surface area contributed by atoms with Crippen molar-refractivity contribution in [3.63, 3.8) is 0 Å². The van der Waals surface area contributed by atoms with E-state index in [2.05, 4.69) is 397 Å². The Labute approximate surface area is 760 Å². The zero-order valence-electron chi connectivity index (χ0n) is 73.5. The molecule has 0 saturated carbocycles. The van der Waals surface area contributed by atoms with Gasteiger partial charge in [0.05, 0.1) is 100 Å². The van der Waals surface area contributed by atoms with E-state index in [-0.39, 0.29) is 0 Å². The molecule has 12 heteroatoms. The monoisotopic (exact) mass is 1690 g/mol. The van der Waals surface area contributed by atoms with Gasteiger partial charge in [-0.3, -0.25) is 0 Å². The number of nitrogens with zero attached hydrogens (tertiary/aromatic N) is 12. The molecule has 12 nitrogen and oxygen atoms in total. The Balaban J connectivity index is 0.000000142. The first-order chi connectivity index (χ1) is 64.9. The zero-order chi connectivity index (χ0) is 88.1. The summed E-state index contributed by atoms with van der Waals surface area (Å²) in [4.78, 5) is 31.7. The number of rotatable bonds is 12. The quantitative estimate of drug-likeness (QED) is 0.121. The summed E-state index contributed by atoms with van der Waals surface area (Å²) in [6.07, 6.45) is 0. The summed E-state index contributed by atoms with van der Waals surface area (Å²) in [7, 11) is 0. The lowest BCUT2D eigenvalue weighted by Gasteiger charge is -2.23. The number of para-hydroxylation sites is 6. The summed E-state index contributed by atoms with van der Waals surface area (Å²) in [5, 5.41) is 14.4. The zero-order valence-corrected chi connectivity index (χ0v) is 73.5. The van der Waals surface area contributed by atoms with Crippen molar-refractivity contribution in [1.82, 2.24) is 57.3 Å². The fraction of sp³-hybridized carbons (Fsp3) is 0.0500. The first kappa shape index (κ1) is 77.2. The van der Waals surface area contributed by atoms with Crippen molar-refractivity contribution in [3.05, 3.63) is 434 Å². The van der Waals surface area contributed by atoms with Gasteiger partial charge in [-0.2, -0.15) is 0 Å². The van der Waals surface area contributed by atoms with Crippen LogP contribution in [0.2, 0.25) is 0 Å². The van der Waals surface area contributed by atoms with Crippen molar-refractivity contribution in [2.75, 3.05) is 0 Å². The van der Waals surface area contributed by atoms with E-state index in [9.17, 15) is 0 Å². The molecule has 132 heavy (non-hydrogen) atoms. The highest BCUT2D eigenvalue weighted by Crippen LogP contribution is 2.49. The molecule has 26 aromatic rings. The summed E-state index contributed by atoms with van der Waals surface area (Å²) < 4.78 is 14.9. The Morgan fingerprint density at radius 2 is 0.295 bits per heavy atom. The third kappa shape index (κ3) is 12.6. The summed E-state index contributed by atoms with van der Waals surface area (Å²) in [6.45, 7) is 13.1. The van der Waals surface area contributed by atoms with E-state index in [1.807, 2.05) is 72.8 Å². The standard InChI is InChI=1S/C63H48N6.C57H36N6/c1-37-17-23-52-46(29-37)47-30-38(2)18-24-53(47)67(52)58-35-45(63-65-61(43-13-9-7-10-14-43)64-62(66-63)44-15-11-8-12-16-44)36-59(68-54-25-19-39(3)31-48(54)49-32-40(4)20-26-55(49)68)60(58)69-56-27-21-41(5)33-50(56)51-34-42(6)22-28-57(51)69;1-3-19-37(20-4-1)55-58-56(38-21-5-2-6-22-38)60-57(59-55)39-35-52(61-46-29-13-7-23-40(46)41-24-8-14-30-47(41)61)54(63-50-33-17-11-27-44(50)45-28-12-18-34-51(45)63)53(36-39)62-48-31-15-9-25-42(48)43-26-10-16-32-49(43)62/h7-36H,1-6H3;1-36H. The number of hydrogen-bond donors (Lipinski definition) is 0. The van der Waals surface area contributed by atoms with E-state index in [1.165, 1.54) is 98.0 Å². The van der Waals surface area contributed by atoms with Gasteiger partial charge in [0.2, 0.25) is 0 Å². The van der Waals surface area contributed by atoms with Gasteiger partial charge in [-0.1, -0.05) is 300 Å². The topological polar surface area (TPSA) is 107 Å². The molecule has 0 fully saturated rings. The fourth-order valence-corrected chi connectivity index (χ4v) is 20.5. The maximum absolute atomic E-state index is 5.40. The molecular weight excluding hydrogens is 1610 g/mol. The molecule has 8 aromatic heterocycles. The van der Waals surface area contributed by atoms with Crippen LogP contribution in [-0.2, 0) is 0 Å². The highest BCUT2D eigenvalue weighted by molar-refractivity contribution is 6.17. The minimum Gasteiger partial charge on any atom is -0.307 e. The van der Waals surface area contributed by atoms with Crippen LogP contribution in [0, 0.1) is 41.5 Å². The molecule has 0 aliphatic heterocycles. The van der Waals surface area contributed by atoms with Crippen LogP contribution in [0.3, 0.4) is 0 Å². The predicted molar refractivity (Wildman–Crippen MR) is 547 cm³/mol. The number of benzene rings is 18. The normalized spacial score (nSPS) is 11.9. The van der Waals surface area contributed by atoms with Gasteiger partial charge in [-0.25, -0.2) is 29.9 Å². The van der Waals surface area contributed by atoms with Crippen LogP contribution < -0.4 is 0 Å². The van der Waals surface area contributed by atoms with Gasteiger partial charge >= 0.3 is 0 Å². The van der Waals surface area contributed by atoms with Crippen molar-refractivity contribution in [2.45, 2.75) is 41.5 Å². The van der Waals surface area contributed by atoms with Crippen molar-refractivity contribution >= 4 is 131 Å². The maximum atomic E-state index is 5.40. The van der Waals surface area contributed by atoms with Crippen LogP contribution in [-0.4, -0.2) is 57.3 Å². The van der Waals surface area contributed by atoms with Gasteiger partial charge in [0.15, 0.2) is 34.9 Å². The second kappa shape index (κ2) is 30.8. The lowest BCUT2D eigenvalue weighted by Crippen LogP contribution is -2.10. The van der Waals surface area contributed by atoms with Crippen molar-refractivity contribution in [2.24, 2.45) is 0 Å². The average Bonchev–Trinajstić information content (AvgIpc) is 1.54. The summed E-state index contributed by atoms with van der Waals surface area (Å²) >= 11 is 0. The Bertz CT molecular complexity index is 8490. The highest BCUT2D eigenvalue weighted by Gasteiger charge is 2.32. The predicted octanol–water partition coefficient (Wildman–Crippen LogP) is 30.2. The number of aromatic nitrogens is 12. The molecule has 0 atom stereocenters. The highest BCUT2D eigenvalue weighted by atomic mass is 15.1. The first-order valence-electron chi connectivity index (χ1n) is 45.1. The van der Waals surface area contributed by atoms with Crippen molar-refractivity contribution in [3.8, 4) is 102 Å². The third-order valence-electron chi connectivity index (χ3n) is 26.4. The van der Waals surface area contributed by atoms with Crippen LogP contribution in [0.4, 0.5) is 0 Å². The van der Waals surface area contributed by atoms with Gasteiger partial charge in [0.1, 0.15) is 0 Å². The Kier molecular flexibility index (Phi) is 18.0. The number of aryl methyl sites for hydroxylation is 6. The molecule has 0 amide bonds. The largest absolute Gasteiger partial charge is 0.307 e. The lowest BCUT2D eigenvalue weighted by atomic mass is 10.1. The Morgan fingerprint density at radius 1 is 0.136 bits per heavy atom. The van der Waals surface area contributed by atoms with Gasteiger partial charge in [-0.15, -0.1) is 0 Å². The van der Waals surface area contributed by atoms with E-state index >= 15 is 0 Å². The van der Waals surface area contributed by atoms with E-state index in [0.717, 1.165) is 134 Å². The Morgan fingerprint density at radius 3 is 0.500 bits per heavy atom. The molecule has 0 radical (unpaired) electrons. The van der Waals surface area contributed by atoms with Crippen LogP contribution in [0.15, 0.2) is 400 Å². The molecule has 0 N–H and O–H groups in total. The number of hydrogen-bond acceptors (Lipinski definition) is 6. The van der Waals surface area contributed by atoms with Gasteiger partial charge < -0.3 is 27.4 Å². The smallest absolute Gasteiger partial charge is 0.164 e. The van der Waals surface area contributed by atoms with Gasteiger partial charge in [0, 0.05) is 98.0 Å². The summed E-state index contributed by atoms with van der Waals surface area (Å²) in [5.74, 6) is 3.63. The average molecular weight is 1690 g/mol. The molecule has 0 unspecified atom stereocenters. The van der Waals surface area contributed by atoms with E-state index < -0.39 is 0 Å². The minimum atomic E-state index is 0.584. The van der Waals surface area contributed by atoms with Crippen LogP contribution >= 0.6 is 0 Å². The van der Waals surface area contributed by atoms with E-state index in [4.69, 9.17) is 29.9 Å². The Hall–Kier alpha value is -17.2. The van der Waals surface area contributed by atoms with Crippen LogP contribution in [0.5, 0.6) is 0 Å². The second-order valence-corrected chi connectivity index (χ2v) is 35.0. The number of fused-ring (bicyclic) bond motifs is 18. The molecule has 0 bridgehead atoms. The molecule has 18 aromatic carbocycles. The molecule has 8 heterocycles. The van der Waals surface area contributed by atoms with Crippen LogP contribution in [0.1, 0.15) is 33.4 Å². The molecule has 0 aliphatic carbocycles. The SMILES string of the molecule is Cc1ccc2c(c1)c1cc(C)ccc1n2-c1cc(-c2nc(-c3ccccc3)nc(-c3ccccc3)n2)cc(-n2c3ccc(C)cc3c3cc(C)ccc32)c1-n1c2ccc(C)cc2c2cc(C)ccc21.c1ccc(-c2nc(-c3ccccc3)nc(-c3cc(-n4c5ccccc5c5ccccc54)c(-n4c5ccccc5c5ccccc54)c(-n4c5ccccc5c5ccccc54)c3)n2)cc1. The lowest BCUT2D eigenvalue weighted by molar-refractivity contribution is 1.04. The minimum absolute atomic E-state index is 0.584. The molecule has 0 saturated heterocycles. The van der Waals surface area contributed by atoms with Crippen molar-refractivity contribution in [1.29, 1.82) is 0 Å². The molecular formula is C120H84N12. The molecule has 0 aliphatic rings. The van der Waals surface area contributed by atoms with Crippen LogP contribution in [0.25, 0.3) is 233 Å². The summed E-state index contributed by atoms with van der Waals surface area (Å²) in [5.41, 5.74) is 32.3. The summed E-state index contributed by atoms with van der Waals surface area (Å²) in [6, 6.07) is 144. The molecule has 26 rings (SSSR count). The van der Waals surface area contributed by atoms with E-state index in [1.54, 1.807) is 0 Å².